The summed E-state index contributed by atoms with van der Waals surface area (Å²) in [6.45, 7) is 4.99. The SMILES string of the molecule is COc1cccc(/C=C2\Oc3c(ccc(O)c3CN3CCN(Cc4ccc5c(c4)OCO5)CC3)C2=O)c1OC. The highest BCUT2D eigenvalue weighted by molar-refractivity contribution is 6.15. The van der Waals surface area contributed by atoms with Crippen molar-refractivity contribution >= 4 is 11.9 Å². The summed E-state index contributed by atoms with van der Waals surface area (Å²) < 4.78 is 27.9. The van der Waals surface area contributed by atoms with E-state index in [1.54, 1.807) is 38.5 Å². The maximum Gasteiger partial charge on any atom is 0.231 e. The molecule has 1 saturated heterocycles. The molecule has 0 spiro atoms. The van der Waals surface area contributed by atoms with Gasteiger partial charge in [-0.05, 0) is 42.0 Å². The normalized spacial score (nSPS) is 17.8. The van der Waals surface area contributed by atoms with Crippen molar-refractivity contribution in [1.82, 2.24) is 9.80 Å². The molecule has 9 heteroatoms. The Balaban J connectivity index is 1.15. The summed E-state index contributed by atoms with van der Waals surface area (Å²) in [6, 6.07) is 14.7. The molecular formula is C30H30N2O7. The lowest BCUT2D eigenvalue weighted by molar-refractivity contribution is 0.101. The van der Waals surface area contributed by atoms with Crippen LogP contribution < -0.4 is 23.7 Å². The lowest BCUT2D eigenvalue weighted by Crippen LogP contribution is -2.45. The number of benzene rings is 3. The number of ketones is 1. The zero-order valence-corrected chi connectivity index (χ0v) is 21.9. The molecule has 6 rings (SSSR count). The van der Waals surface area contributed by atoms with Gasteiger partial charge in [0.2, 0.25) is 12.6 Å². The molecule has 0 radical (unpaired) electrons. The molecule has 1 fully saturated rings. The van der Waals surface area contributed by atoms with E-state index in [-0.39, 0.29) is 24.1 Å². The number of fused-ring (bicyclic) bond motifs is 2. The number of aromatic hydroxyl groups is 1. The molecule has 0 unspecified atom stereocenters. The predicted molar refractivity (Wildman–Crippen MR) is 144 cm³/mol. The van der Waals surface area contributed by atoms with E-state index < -0.39 is 0 Å². The van der Waals surface area contributed by atoms with Gasteiger partial charge in [0.25, 0.3) is 0 Å². The highest BCUT2D eigenvalue weighted by Gasteiger charge is 2.32. The second kappa shape index (κ2) is 10.5. The molecule has 0 amide bonds. The highest BCUT2D eigenvalue weighted by Crippen LogP contribution is 2.41. The molecule has 0 bridgehead atoms. The third-order valence-corrected chi connectivity index (χ3v) is 7.33. The number of para-hydroxylation sites is 1. The van der Waals surface area contributed by atoms with E-state index >= 15 is 0 Å². The fraction of sp³-hybridized carbons (Fsp3) is 0.300. The maximum atomic E-state index is 13.2. The fourth-order valence-corrected chi connectivity index (χ4v) is 5.24. The van der Waals surface area contributed by atoms with Crippen LogP contribution in [0.2, 0.25) is 0 Å². The van der Waals surface area contributed by atoms with Crippen molar-refractivity contribution in [1.29, 1.82) is 0 Å². The first kappa shape index (κ1) is 25.1. The Hall–Kier alpha value is -4.21. The smallest absolute Gasteiger partial charge is 0.231 e. The van der Waals surface area contributed by atoms with Crippen LogP contribution in [0.1, 0.15) is 27.0 Å². The lowest BCUT2D eigenvalue weighted by atomic mass is 10.0. The molecule has 0 saturated carbocycles. The summed E-state index contributed by atoms with van der Waals surface area (Å²) in [7, 11) is 3.12. The van der Waals surface area contributed by atoms with Gasteiger partial charge in [-0.2, -0.15) is 0 Å². The van der Waals surface area contributed by atoms with Gasteiger partial charge in [0.1, 0.15) is 11.5 Å². The van der Waals surface area contributed by atoms with Crippen molar-refractivity contribution in [3.8, 4) is 34.5 Å². The number of hydrogen-bond acceptors (Lipinski definition) is 9. The summed E-state index contributed by atoms with van der Waals surface area (Å²) in [6.07, 6.45) is 1.65. The lowest BCUT2D eigenvalue weighted by Gasteiger charge is -2.35. The zero-order valence-electron chi connectivity index (χ0n) is 21.9. The largest absolute Gasteiger partial charge is 0.507 e. The number of Topliss-reactive ketones (excluding diaryl/α,β-unsaturated/α-hetero) is 1. The van der Waals surface area contributed by atoms with E-state index in [9.17, 15) is 9.90 Å². The number of methoxy groups -OCH3 is 2. The Labute approximate surface area is 226 Å². The Morgan fingerprint density at radius 2 is 1.69 bits per heavy atom. The average molecular weight is 531 g/mol. The van der Waals surface area contributed by atoms with Crippen molar-refractivity contribution in [3.05, 3.63) is 76.5 Å². The molecular weight excluding hydrogens is 500 g/mol. The van der Waals surface area contributed by atoms with Gasteiger partial charge in [0.05, 0.1) is 25.3 Å². The minimum absolute atomic E-state index is 0.115. The van der Waals surface area contributed by atoms with Crippen molar-refractivity contribution in [3.63, 3.8) is 0 Å². The van der Waals surface area contributed by atoms with E-state index in [2.05, 4.69) is 15.9 Å². The number of piperazine rings is 1. The number of ether oxygens (including phenoxy) is 5. The van der Waals surface area contributed by atoms with Crippen LogP contribution >= 0.6 is 0 Å². The molecule has 9 nitrogen and oxygen atoms in total. The van der Waals surface area contributed by atoms with Crippen LogP contribution in [-0.2, 0) is 13.1 Å². The zero-order chi connectivity index (χ0) is 26.9. The van der Waals surface area contributed by atoms with Crippen LogP contribution in [0, 0.1) is 0 Å². The quantitative estimate of drug-likeness (QED) is 0.454. The Morgan fingerprint density at radius 1 is 0.923 bits per heavy atom. The van der Waals surface area contributed by atoms with Gasteiger partial charge in [-0.25, -0.2) is 0 Å². The Bertz CT molecular complexity index is 1440. The minimum atomic E-state index is -0.232. The standard InChI is InChI=1S/C30H30N2O7/c1-35-25-5-3-4-20(29(25)36-2)15-27-28(34)21-7-8-23(33)22(30(21)39-27)17-32-12-10-31(11-13-32)16-19-6-9-24-26(14-19)38-18-37-24/h3-9,14-15,33H,10-13,16-18H2,1-2H3/b27-15-. The first-order valence-corrected chi connectivity index (χ1v) is 12.9. The number of carbonyl (C=O) groups excluding carboxylic acids is 1. The number of hydrogen-bond donors (Lipinski definition) is 1. The second-order valence-corrected chi connectivity index (χ2v) is 9.70. The van der Waals surface area contributed by atoms with Gasteiger partial charge >= 0.3 is 0 Å². The van der Waals surface area contributed by atoms with Gasteiger partial charge in [-0.3, -0.25) is 14.6 Å². The summed E-state index contributed by atoms with van der Waals surface area (Å²) in [4.78, 5) is 17.9. The Kier molecular flexibility index (Phi) is 6.76. The average Bonchev–Trinajstić information content (AvgIpc) is 3.55. The van der Waals surface area contributed by atoms with E-state index in [1.165, 1.54) is 5.56 Å². The minimum Gasteiger partial charge on any atom is -0.507 e. The topological polar surface area (TPSA) is 89.9 Å². The predicted octanol–water partition coefficient (Wildman–Crippen LogP) is 4.07. The van der Waals surface area contributed by atoms with Gasteiger partial charge < -0.3 is 28.8 Å². The van der Waals surface area contributed by atoms with Gasteiger partial charge in [0, 0.05) is 44.8 Å². The van der Waals surface area contributed by atoms with Crippen LogP contribution in [0.4, 0.5) is 0 Å². The molecule has 0 atom stereocenters. The molecule has 1 N–H and O–H groups in total. The summed E-state index contributed by atoms with van der Waals surface area (Å²) >= 11 is 0. The van der Waals surface area contributed by atoms with Crippen LogP contribution in [0.3, 0.4) is 0 Å². The fourth-order valence-electron chi connectivity index (χ4n) is 5.24. The molecule has 3 aliphatic heterocycles. The van der Waals surface area contributed by atoms with E-state index in [0.29, 0.717) is 40.5 Å². The maximum absolute atomic E-state index is 13.2. The number of allylic oxidation sites excluding steroid dienone is 1. The van der Waals surface area contributed by atoms with Crippen molar-refractivity contribution in [2.24, 2.45) is 0 Å². The number of rotatable bonds is 7. The molecule has 39 heavy (non-hydrogen) atoms. The van der Waals surface area contributed by atoms with Gasteiger partial charge in [0.15, 0.2) is 28.8 Å². The van der Waals surface area contributed by atoms with Crippen LogP contribution in [-0.4, -0.2) is 67.9 Å². The van der Waals surface area contributed by atoms with E-state index in [1.807, 2.05) is 24.3 Å². The third kappa shape index (κ3) is 4.86. The third-order valence-electron chi connectivity index (χ3n) is 7.33. The van der Waals surface area contributed by atoms with Crippen LogP contribution in [0.15, 0.2) is 54.3 Å². The van der Waals surface area contributed by atoms with Crippen molar-refractivity contribution in [2.45, 2.75) is 13.1 Å². The second-order valence-electron chi connectivity index (χ2n) is 9.70. The number of phenols is 1. The molecule has 0 aromatic heterocycles. The number of carbonyl (C=O) groups is 1. The number of nitrogens with zero attached hydrogens (tertiary/aromatic N) is 2. The molecule has 3 heterocycles. The first-order valence-electron chi connectivity index (χ1n) is 12.9. The van der Waals surface area contributed by atoms with Crippen molar-refractivity contribution in [2.75, 3.05) is 47.2 Å². The highest BCUT2D eigenvalue weighted by atomic mass is 16.7. The monoisotopic (exact) mass is 530 g/mol. The summed E-state index contributed by atoms with van der Waals surface area (Å²) in [5.41, 5.74) is 2.91. The first-order chi connectivity index (χ1) is 19.0. The number of phenolic OH excluding ortho intramolecular Hbond substituents is 1. The van der Waals surface area contributed by atoms with Crippen molar-refractivity contribution < 1.29 is 33.6 Å². The van der Waals surface area contributed by atoms with Gasteiger partial charge in [-0.1, -0.05) is 18.2 Å². The molecule has 3 aliphatic rings. The van der Waals surface area contributed by atoms with Crippen LogP contribution in [0.5, 0.6) is 34.5 Å². The van der Waals surface area contributed by atoms with Crippen LogP contribution in [0.25, 0.3) is 6.08 Å². The molecule has 3 aromatic rings. The van der Waals surface area contributed by atoms with E-state index in [0.717, 1.165) is 44.2 Å². The molecule has 3 aromatic carbocycles. The van der Waals surface area contributed by atoms with E-state index in [4.69, 9.17) is 23.7 Å². The van der Waals surface area contributed by atoms with Gasteiger partial charge in [-0.15, -0.1) is 0 Å². The summed E-state index contributed by atoms with van der Waals surface area (Å²) in [5.74, 6) is 3.14. The molecule has 202 valence electrons. The molecule has 0 aliphatic carbocycles. The Morgan fingerprint density at radius 3 is 2.46 bits per heavy atom. The summed E-state index contributed by atoms with van der Waals surface area (Å²) in [5, 5.41) is 10.7.